The number of aromatic hydroxyl groups is 1. The average Bonchev–Trinajstić information content (AvgIpc) is 2.51. The molecule has 0 fully saturated rings. The Morgan fingerprint density at radius 1 is 0.850 bits per heavy atom. The number of rotatable bonds is 3. The summed E-state index contributed by atoms with van der Waals surface area (Å²) >= 11 is 0. The van der Waals surface area contributed by atoms with Gasteiger partial charge in [0.1, 0.15) is 17.9 Å². The van der Waals surface area contributed by atoms with Gasteiger partial charge in [0.15, 0.2) is 0 Å². The van der Waals surface area contributed by atoms with Crippen molar-refractivity contribution >= 4 is 11.5 Å². The Morgan fingerprint density at radius 3 is 2.35 bits per heavy atom. The SMILES string of the molecule is Oc1ccc(Nc2cc(-c3ccccc3)ncn2)cc1. The molecule has 0 amide bonds. The molecule has 1 aromatic heterocycles. The lowest BCUT2D eigenvalue weighted by atomic mass is 10.1. The Balaban J connectivity index is 1.86. The van der Waals surface area contributed by atoms with Crippen molar-refractivity contribution in [2.24, 2.45) is 0 Å². The minimum atomic E-state index is 0.239. The molecule has 4 heteroatoms. The molecule has 3 aromatic rings. The first-order chi connectivity index (χ1) is 9.81. The summed E-state index contributed by atoms with van der Waals surface area (Å²) < 4.78 is 0. The van der Waals surface area contributed by atoms with Crippen molar-refractivity contribution in [3.63, 3.8) is 0 Å². The number of anilines is 2. The highest BCUT2D eigenvalue weighted by atomic mass is 16.3. The maximum Gasteiger partial charge on any atom is 0.134 e. The first-order valence-electron chi connectivity index (χ1n) is 6.25. The van der Waals surface area contributed by atoms with Crippen LogP contribution in [0.3, 0.4) is 0 Å². The zero-order valence-electron chi connectivity index (χ0n) is 10.7. The Bertz CT molecular complexity index is 696. The van der Waals surface area contributed by atoms with Gasteiger partial charge < -0.3 is 10.4 Å². The molecule has 0 aliphatic heterocycles. The number of phenols is 1. The third-order valence-electron chi connectivity index (χ3n) is 2.88. The predicted molar refractivity (Wildman–Crippen MR) is 78.9 cm³/mol. The minimum absolute atomic E-state index is 0.239. The molecule has 0 atom stereocenters. The second-order valence-electron chi connectivity index (χ2n) is 4.33. The Kier molecular flexibility index (Phi) is 3.29. The fraction of sp³-hybridized carbons (Fsp3) is 0. The van der Waals surface area contributed by atoms with Crippen LogP contribution in [-0.4, -0.2) is 15.1 Å². The van der Waals surface area contributed by atoms with Crippen LogP contribution in [0.25, 0.3) is 11.3 Å². The normalized spacial score (nSPS) is 10.2. The van der Waals surface area contributed by atoms with Gasteiger partial charge in [-0.3, -0.25) is 0 Å². The van der Waals surface area contributed by atoms with Gasteiger partial charge in [-0.25, -0.2) is 9.97 Å². The molecule has 0 spiro atoms. The Morgan fingerprint density at radius 2 is 1.60 bits per heavy atom. The second kappa shape index (κ2) is 5.40. The van der Waals surface area contributed by atoms with Crippen LogP contribution >= 0.6 is 0 Å². The lowest BCUT2D eigenvalue weighted by molar-refractivity contribution is 0.475. The number of hydrogen-bond acceptors (Lipinski definition) is 4. The highest BCUT2D eigenvalue weighted by Gasteiger charge is 2.02. The summed E-state index contributed by atoms with van der Waals surface area (Å²) in [5.74, 6) is 0.952. The van der Waals surface area contributed by atoms with Crippen molar-refractivity contribution in [3.05, 3.63) is 67.0 Å². The van der Waals surface area contributed by atoms with Gasteiger partial charge in [-0.2, -0.15) is 0 Å². The van der Waals surface area contributed by atoms with Crippen LogP contribution in [0.15, 0.2) is 67.0 Å². The number of aromatic nitrogens is 2. The van der Waals surface area contributed by atoms with Crippen molar-refractivity contribution in [2.45, 2.75) is 0 Å². The minimum Gasteiger partial charge on any atom is -0.508 e. The molecule has 2 aromatic carbocycles. The van der Waals surface area contributed by atoms with Gasteiger partial charge >= 0.3 is 0 Å². The van der Waals surface area contributed by atoms with E-state index >= 15 is 0 Å². The summed E-state index contributed by atoms with van der Waals surface area (Å²) in [5, 5.41) is 12.4. The van der Waals surface area contributed by atoms with E-state index < -0.39 is 0 Å². The van der Waals surface area contributed by atoms with Gasteiger partial charge in [0.05, 0.1) is 5.69 Å². The van der Waals surface area contributed by atoms with E-state index in [1.807, 2.05) is 36.4 Å². The largest absolute Gasteiger partial charge is 0.508 e. The quantitative estimate of drug-likeness (QED) is 0.709. The topological polar surface area (TPSA) is 58.0 Å². The van der Waals surface area contributed by atoms with Gasteiger partial charge in [0.2, 0.25) is 0 Å². The molecular formula is C16H13N3O. The van der Waals surface area contributed by atoms with Gasteiger partial charge in [-0.05, 0) is 24.3 Å². The van der Waals surface area contributed by atoms with Crippen LogP contribution < -0.4 is 5.32 Å². The van der Waals surface area contributed by atoms with Crippen LogP contribution in [-0.2, 0) is 0 Å². The monoisotopic (exact) mass is 263 g/mol. The van der Waals surface area contributed by atoms with E-state index in [-0.39, 0.29) is 5.75 Å². The molecule has 3 rings (SSSR count). The summed E-state index contributed by atoms with van der Waals surface area (Å²) in [4.78, 5) is 8.47. The lowest BCUT2D eigenvalue weighted by Gasteiger charge is -2.07. The number of benzene rings is 2. The summed E-state index contributed by atoms with van der Waals surface area (Å²) in [6, 6.07) is 18.7. The fourth-order valence-corrected chi connectivity index (χ4v) is 1.89. The van der Waals surface area contributed by atoms with Crippen molar-refractivity contribution in [3.8, 4) is 17.0 Å². The Hall–Kier alpha value is -2.88. The predicted octanol–water partition coefficient (Wildman–Crippen LogP) is 3.59. The van der Waals surface area contributed by atoms with Crippen LogP contribution in [0.5, 0.6) is 5.75 Å². The molecule has 0 unspecified atom stereocenters. The second-order valence-corrected chi connectivity index (χ2v) is 4.33. The van der Waals surface area contributed by atoms with Gasteiger partial charge in [0, 0.05) is 17.3 Å². The number of phenolic OH excluding ortho intramolecular Hbond substituents is 1. The third-order valence-corrected chi connectivity index (χ3v) is 2.88. The lowest BCUT2D eigenvalue weighted by Crippen LogP contribution is -1.95. The van der Waals surface area contributed by atoms with Crippen molar-refractivity contribution in [2.75, 3.05) is 5.32 Å². The molecule has 2 N–H and O–H groups in total. The highest BCUT2D eigenvalue weighted by Crippen LogP contribution is 2.21. The molecule has 0 aliphatic carbocycles. The zero-order chi connectivity index (χ0) is 13.8. The molecule has 0 saturated heterocycles. The number of nitrogens with zero attached hydrogens (tertiary/aromatic N) is 2. The molecule has 98 valence electrons. The first-order valence-corrected chi connectivity index (χ1v) is 6.25. The van der Waals surface area contributed by atoms with E-state index in [4.69, 9.17) is 0 Å². The summed E-state index contributed by atoms with van der Waals surface area (Å²) in [6.45, 7) is 0. The van der Waals surface area contributed by atoms with E-state index in [1.165, 1.54) is 6.33 Å². The number of nitrogens with one attached hydrogen (secondary N) is 1. The molecule has 0 radical (unpaired) electrons. The van der Waals surface area contributed by atoms with E-state index in [2.05, 4.69) is 15.3 Å². The van der Waals surface area contributed by atoms with Gasteiger partial charge in [-0.15, -0.1) is 0 Å². The molecule has 4 nitrogen and oxygen atoms in total. The molecule has 0 bridgehead atoms. The summed E-state index contributed by atoms with van der Waals surface area (Å²) in [6.07, 6.45) is 1.53. The van der Waals surface area contributed by atoms with Gasteiger partial charge in [-0.1, -0.05) is 30.3 Å². The molecule has 0 saturated carbocycles. The molecule has 0 aliphatic rings. The molecule has 20 heavy (non-hydrogen) atoms. The Labute approximate surface area is 116 Å². The van der Waals surface area contributed by atoms with E-state index in [0.717, 1.165) is 16.9 Å². The smallest absolute Gasteiger partial charge is 0.134 e. The average molecular weight is 263 g/mol. The zero-order valence-corrected chi connectivity index (χ0v) is 10.7. The van der Waals surface area contributed by atoms with Crippen LogP contribution in [0.1, 0.15) is 0 Å². The van der Waals surface area contributed by atoms with Crippen molar-refractivity contribution in [1.82, 2.24) is 9.97 Å². The standard InChI is InChI=1S/C16H13N3O/c20-14-8-6-13(7-9-14)19-16-10-15(17-11-18-16)12-4-2-1-3-5-12/h1-11,20H,(H,17,18,19). The maximum atomic E-state index is 9.26. The van der Waals surface area contributed by atoms with E-state index in [1.54, 1.807) is 24.3 Å². The first kappa shape index (κ1) is 12.2. The van der Waals surface area contributed by atoms with E-state index in [0.29, 0.717) is 5.82 Å². The maximum absolute atomic E-state index is 9.26. The molecule has 1 heterocycles. The highest BCUT2D eigenvalue weighted by molar-refractivity contribution is 5.65. The van der Waals surface area contributed by atoms with E-state index in [9.17, 15) is 5.11 Å². The summed E-state index contributed by atoms with van der Waals surface area (Å²) in [7, 11) is 0. The molecular weight excluding hydrogens is 250 g/mol. The van der Waals surface area contributed by atoms with Crippen LogP contribution in [0.2, 0.25) is 0 Å². The third kappa shape index (κ3) is 2.75. The van der Waals surface area contributed by atoms with Crippen molar-refractivity contribution in [1.29, 1.82) is 0 Å². The fourth-order valence-electron chi connectivity index (χ4n) is 1.89. The van der Waals surface area contributed by atoms with Crippen LogP contribution in [0, 0.1) is 0 Å². The number of hydrogen-bond donors (Lipinski definition) is 2. The summed E-state index contributed by atoms with van der Waals surface area (Å²) in [5.41, 5.74) is 2.77. The van der Waals surface area contributed by atoms with Crippen molar-refractivity contribution < 1.29 is 5.11 Å². The van der Waals surface area contributed by atoms with Crippen LogP contribution in [0.4, 0.5) is 11.5 Å². The van der Waals surface area contributed by atoms with Gasteiger partial charge in [0.25, 0.3) is 0 Å².